The van der Waals surface area contributed by atoms with E-state index in [4.69, 9.17) is 5.73 Å². The first kappa shape index (κ1) is 19.4. The Balaban J connectivity index is 2.16. The van der Waals surface area contributed by atoms with Crippen LogP contribution in [-0.2, 0) is 14.6 Å². The summed E-state index contributed by atoms with van der Waals surface area (Å²) in [6.45, 7) is 1.09. The number of nitrogens with zero attached hydrogens (tertiary/aromatic N) is 2. The molecule has 1 heterocycles. The van der Waals surface area contributed by atoms with E-state index in [0.29, 0.717) is 18.7 Å². The maximum atomic E-state index is 12.7. The van der Waals surface area contributed by atoms with Gasteiger partial charge in [0.25, 0.3) is 5.91 Å². The van der Waals surface area contributed by atoms with Crippen molar-refractivity contribution in [3.63, 3.8) is 0 Å². The molecule has 0 spiro atoms. The molecule has 8 heteroatoms. The summed E-state index contributed by atoms with van der Waals surface area (Å²) in [5, 5.41) is 0. The van der Waals surface area contributed by atoms with Crippen LogP contribution in [0.25, 0.3) is 0 Å². The Morgan fingerprint density at radius 3 is 2.40 bits per heavy atom. The molecule has 2 rings (SSSR count). The van der Waals surface area contributed by atoms with E-state index in [1.54, 1.807) is 4.90 Å². The van der Waals surface area contributed by atoms with Gasteiger partial charge in [0.2, 0.25) is 5.91 Å². The van der Waals surface area contributed by atoms with Crippen molar-refractivity contribution in [2.75, 3.05) is 32.9 Å². The molecule has 1 aromatic carbocycles. The molecule has 0 radical (unpaired) electrons. The quantitative estimate of drug-likeness (QED) is 0.817. The van der Waals surface area contributed by atoms with Gasteiger partial charge in [-0.3, -0.25) is 9.59 Å². The first-order chi connectivity index (χ1) is 11.8. The molecule has 1 fully saturated rings. The lowest BCUT2D eigenvalue weighted by Crippen LogP contribution is -2.47. The summed E-state index contributed by atoms with van der Waals surface area (Å²) in [4.78, 5) is 27.4. The van der Waals surface area contributed by atoms with Crippen LogP contribution in [0.15, 0.2) is 29.2 Å². The van der Waals surface area contributed by atoms with Crippen molar-refractivity contribution in [1.29, 1.82) is 0 Å². The number of carbonyl (C=O) groups excluding carboxylic acids is 2. The van der Waals surface area contributed by atoms with Gasteiger partial charge in [-0.2, -0.15) is 0 Å². The number of hydrogen-bond donors (Lipinski definition) is 1. The van der Waals surface area contributed by atoms with Crippen molar-refractivity contribution in [2.24, 2.45) is 5.73 Å². The van der Waals surface area contributed by atoms with E-state index in [1.165, 1.54) is 43.3 Å². The van der Waals surface area contributed by atoms with Crippen LogP contribution in [0.2, 0.25) is 0 Å². The van der Waals surface area contributed by atoms with Crippen molar-refractivity contribution in [1.82, 2.24) is 9.80 Å². The summed E-state index contributed by atoms with van der Waals surface area (Å²) >= 11 is 0. The minimum atomic E-state index is -3.72. The molecule has 0 bridgehead atoms. The molecule has 1 aliphatic heterocycles. The third kappa shape index (κ3) is 4.58. The fourth-order valence-electron chi connectivity index (χ4n) is 2.86. The van der Waals surface area contributed by atoms with Crippen molar-refractivity contribution < 1.29 is 18.0 Å². The summed E-state index contributed by atoms with van der Waals surface area (Å²) in [5.74, 6) is -1.21. The third-order valence-corrected chi connectivity index (χ3v) is 6.05. The van der Waals surface area contributed by atoms with Gasteiger partial charge in [-0.25, -0.2) is 8.42 Å². The Labute approximate surface area is 148 Å². The fraction of sp³-hybridized carbons (Fsp3) is 0.529. The molecule has 138 valence electrons. The highest BCUT2D eigenvalue weighted by Gasteiger charge is 2.27. The van der Waals surface area contributed by atoms with Crippen LogP contribution in [0.1, 0.15) is 29.6 Å². The van der Waals surface area contributed by atoms with Crippen molar-refractivity contribution in [3.05, 3.63) is 29.8 Å². The van der Waals surface area contributed by atoms with Crippen LogP contribution in [-0.4, -0.2) is 69.0 Å². The van der Waals surface area contributed by atoms with Gasteiger partial charge >= 0.3 is 0 Å². The molecular formula is C17H25N3O4S. The maximum absolute atomic E-state index is 12.7. The normalized spacial score (nSPS) is 18.0. The molecule has 2 N–H and O–H groups in total. The van der Waals surface area contributed by atoms with Crippen molar-refractivity contribution >= 4 is 21.7 Å². The summed E-state index contributed by atoms with van der Waals surface area (Å²) in [6.07, 6.45) is 2.89. The summed E-state index contributed by atoms with van der Waals surface area (Å²) in [6, 6.07) is 5.79. The standard InChI is InChI=1S/C17H25N3O4S/c1-19(2)16(21)12-25(23,24)15-8-6-13(7-9-15)17(22)20-10-4-3-5-14(20)11-18/h6-9,14H,3-5,10-12,18H2,1-2H3. The van der Waals surface area contributed by atoms with Gasteiger partial charge in [0, 0.05) is 38.8 Å². The molecule has 1 unspecified atom stereocenters. The van der Waals surface area contributed by atoms with E-state index >= 15 is 0 Å². The van der Waals surface area contributed by atoms with Crippen LogP contribution in [0, 0.1) is 0 Å². The molecule has 1 aromatic rings. The highest BCUT2D eigenvalue weighted by molar-refractivity contribution is 7.92. The number of sulfone groups is 1. The van der Waals surface area contributed by atoms with Gasteiger partial charge in [0.1, 0.15) is 5.75 Å². The fourth-order valence-corrected chi connectivity index (χ4v) is 4.16. The zero-order valence-electron chi connectivity index (χ0n) is 14.6. The largest absolute Gasteiger partial charge is 0.348 e. The monoisotopic (exact) mass is 367 g/mol. The number of hydrogen-bond acceptors (Lipinski definition) is 5. The summed E-state index contributed by atoms with van der Waals surface area (Å²) in [5.41, 5.74) is 6.18. The third-order valence-electron chi connectivity index (χ3n) is 4.43. The Bertz CT molecular complexity index is 729. The number of rotatable bonds is 5. The lowest BCUT2D eigenvalue weighted by Gasteiger charge is -2.35. The van der Waals surface area contributed by atoms with Gasteiger partial charge in [-0.1, -0.05) is 0 Å². The topological polar surface area (TPSA) is 101 Å². The van der Waals surface area contributed by atoms with Crippen LogP contribution in [0.4, 0.5) is 0 Å². The molecule has 1 atom stereocenters. The van der Waals surface area contributed by atoms with Gasteiger partial charge < -0.3 is 15.5 Å². The lowest BCUT2D eigenvalue weighted by molar-refractivity contribution is -0.125. The molecule has 7 nitrogen and oxygen atoms in total. The van der Waals surface area contributed by atoms with E-state index in [9.17, 15) is 18.0 Å². The molecule has 1 saturated heterocycles. The van der Waals surface area contributed by atoms with Crippen LogP contribution in [0.3, 0.4) is 0 Å². The summed E-state index contributed by atoms with van der Waals surface area (Å²) in [7, 11) is -0.711. The molecule has 1 aliphatic rings. The number of nitrogens with two attached hydrogens (primary N) is 1. The Morgan fingerprint density at radius 2 is 1.84 bits per heavy atom. The van der Waals surface area contributed by atoms with E-state index in [0.717, 1.165) is 19.3 Å². The SMILES string of the molecule is CN(C)C(=O)CS(=O)(=O)c1ccc(C(=O)N2CCCCC2CN)cc1. The Hall–Kier alpha value is -1.93. The molecule has 0 aliphatic carbocycles. The average Bonchev–Trinajstić information content (AvgIpc) is 2.60. The maximum Gasteiger partial charge on any atom is 0.254 e. The van der Waals surface area contributed by atoms with Gasteiger partial charge in [0.05, 0.1) is 4.90 Å². The zero-order chi connectivity index (χ0) is 18.6. The molecular weight excluding hydrogens is 342 g/mol. The number of carbonyl (C=O) groups is 2. The average molecular weight is 367 g/mol. The van der Waals surface area contributed by atoms with E-state index in [1.807, 2.05) is 0 Å². The van der Waals surface area contributed by atoms with E-state index in [2.05, 4.69) is 0 Å². The second-order valence-electron chi connectivity index (χ2n) is 6.46. The molecule has 0 aromatic heterocycles. The zero-order valence-corrected chi connectivity index (χ0v) is 15.5. The highest BCUT2D eigenvalue weighted by Crippen LogP contribution is 2.20. The Kier molecular flexibility index (Phi) is 6.18. The number of likely N-dealkylation sites (tertiary alicyclic amines) is 1. The van der Waals surface area contributed by atoms with Gasteiger partial charge in [-0.05, 0) is 43.5 Å². The summed E-state index contributed by atoms with van der Waals surface area (Å²) < 4.78 is 24.5. The minimum Gasteiger partial charge on any atom is -0.348 e. The number of amides is 2. The second kappa shape index (κ2) is 7.97. The predicted octanol–water partition coefficient (Wildman–Crippen LogP) is 0.502. The number of benzene rings is 1. The highest BCUT2D eigenvalue weighted by atomic mass is 32.2. The smallest absolute Gasteiger partial charge is 0.254 e. The van der Waals surface area contributed by atoms with Crippen molar-refractivity contribution in [3.8, 4) is 0 Å². The van der Waals surface area contributed by atoms with Crippen LogP contribution >= 0.6 is 0 Å². The Morgan fingerprint density at radius 1 is 1.20 bits per heavy atom. The first-order valence-electron chi connectivity index (χ1n) is 8.30. The molecule has 0 saturated carbocycles. The molecule has 25 heavy (non-hydrogen) atoms. The van der Waals surface area contributed by atoms with Crippen molar-refractivity contribution in [2.45, 2.75) is 30.2 Å². The van der Waals surface area contributed by atoms with Gasteiger partial charge in [0.15, 0.2) is 9.84 Å². The second-order valence-corrected chi connectivity index (χ2v) is 8.45. The minimum absolute atomic E-state index is 0.0300. The van der Waals surface area contributed by atoms with E-state index < -0.39 is 21.5 Å². The van der Waals surface area contributed by atoms with Crippen LogP contribution < -0.4 is 5.73 Å². The lowest BCUT2D eigenvalue weighted by atomic mass is 10.0. The van der Waals surface area contributed by atoms with Crippen LogP contribution in [0.5, 0.6) is 0 Å². The number of piperidine rings is 1. The predicted molar refractivity (Wildman–Crippen MR) is 94.9 cm³/mol. The first-order valence-corrected chi connectivity index (χ1v) is 9.95. The molecule has 2 amide bonds. The van der Waals surface area contributed by atoms with E-state index in [-0.39, 0.29) is 16.8 Å². The van der Waals surface area contributed by atoms with Gasteiger partial charge in [-0.15, -0.1) is 0 Å².